The Morgan fingerprint density at radius 1 is 0.964 bits per heavy atom. The van der Waals surface area contributed by atoms with Crippen LogP contribution in [0.25, 0.3) is 21.8 Å². The number of carbonyl (C=O) groups excluding carboxylic acids is 1. The number of rotatable bonds is 8. The minimum Gasteiger partial charge on any atom is -0.497 e. The Morgan fingerprint density at radius 2 is 1.82 bits per heavy atom. The van der Waals surface area contributed by atoms with E-state index in [1.807, 2.05) is 24.3 Å². The molecule has 0 aliphatic carbocycles. The topological polar surface area (TPSA) is 54.1 Å². The first-order valence-corrected chi connectivity index (χ1v) is 9.62. The number of carbonyl (C=O) groups is 1. The molecule has 142 valence electrons. The zero-order valence-electron chi connectivity index (χ0n) is 16.0. The molecule has 4 nitrogen and oxygen atoms in total. The molecule has 0 fully saturated rings. The highest BCUT2D eigenvalue weighted by molar-refractivity contribution is 6.07. The molecule has 4 heteroatoms. The Labute approximate surface area is 164 Å². The van der Waals surface area contributed by atoms with E-state index in [0.717, 1.165) is 30.8 Å². The number of benzene rings is 3. The lowest BCUT2D eigenvalue weighted by Gasteiger charge is -2.06. The third kappa shape index (κ3) is 3.92. The molecule has 0 unspecified atom stereocenters. The van der Waals surface area contributed by atoms with Crippen molar-refractivity contribution in [1.82, 2.24) is 10.3 Å². The first-order chi connectivity index (χ1) is 13.7. The number of methoxy groups -OCH3 is 1. The maximum absolute atomic E-state index is 12.3. The standard InChI is InChI=1S/C24H24N2O2/c1-28-19-7-4-6-18(15-19)24(27)10-5-13-25-16-17-11-12-23-21(14-17)20-8-2-3-9-22(20)26-23/h2-4,6-9,11-12,14-15,25-26H,5,10,13,16H2,1H3. The molecule has 1 heterocycles. The minimum atomic E-state index is 0.154. The van der Waals surface area contributed by atoms with Gasteiger partial charge >= 0.3 is 0 Å². The number of ketones is 1. The number of aromatic nitrogens is 1. The summed E-state index contributed by atoms with van der Waals surface area (Å²) in [4.78, 5) is 15.8. The van der Waals surface area contributed by atoms with Gasteiger partial charge in [-0.25, -0.2) is 0 Å². The van der Waals surface area contributed by atoms with E-state index < -0.39 is 0 Å². The largest absolute Gasteiger partial charge is 0.497 e. The van der Waals surface area contributed by atoms with E-state index in [9.17, 15) is 4.79 Å². The molecule has 0 saturated carbocycles. The summed E-state index contributed by atoms with van der Waals surface area (Å²) in [5.41, 5.74) is 4.29. The van der Waals surface area contributed by atoms with Crippen LogP contribution in [0.15, 0.2) is 66.7 Å². The van der Waals surface area contributed by atoms with Crippen molar-refractivity contribution in [2.45, 2.75) is 19.4 Å². The maximum Gasteiger partial charge on any atom is 0.163 e. The van der Waals surface area contributed by atoms with Crippen LogP contribution >= 0.6 is 0 Å². The number of Topliss-reactive ketones (excluding diaryl/α,β-unsaturated/α-hetero) is 1. The molecular formula is C24H24N2O2. The van der Waals surface area contributed by atoms with Crippen molar-refractivity contribution in [3.05, 3.63) is 77.9 Å². The molecule has 3 aromatic carbocycles. The summed E-state index contributed by atoms with van der Waals surface area (Å²) >= 11 is 0. The molecule has 0 amide bonds. The first kappa shape index (κ1) is 18.3. The summed E-state index contributed by atoms with van der Waals surface area (Å²) in [5, 5.41) is 5.95. The van der Waals surface area contributed by atoms with Crippen LogP contribution < -0.4 is 10.1 Å². The Morgan fingerprint density at radius 3 is 2.71 bits per heavy atom. The summed E-state index contributed by atoms with van der Waals surface area (Å²) in [6.45, 7) is 1.60. The molecule has 0 radical (unpaired) electrons. The second kappa shape index (κ2) is 8.28. The van der Waals surface area contributed by atoms with E-state index >= 15 is 0 Å². The van der Waals surface area contributed by atoms with E-state index in [4.69, 9.17) is 4.74 Å². The highest BCUT2D eigenvalue weighted by atomic mass is 16.5. The quantitative estimate of drug-likeness (QED) is 0.335. The lowest BCUT2D eigenvalue weighted by Crippen LogP contribution is -2.15. The van der Waals surface area contributed by atoms with Gasteiger partial charge in [0.25, 0.3) is 0 Å². The number of hydrogen-bond acceptors (Lipinski definition) is 3. The molecular weight excluding hydrogens is 348 g/mol. The van der Waals surface area contributed by atoms with E-state index in [0.29, 0.717) is 12.0 Å². The van der Waals surface area contributed by atoms with Crippen molar-refractivity contribution in [2.75, 3.05) is 13.7 Å². The lowest BCUT2D eigenvalue weighted by atomic mass is 10.1. The van der Waals surface area contributed by atoms with E-state index in [-0.39, 0.29) is 5.78 Å². The molecule has 0 atom stereocenters. The highest BCUT2D eigenvalue weighted by Crippen LogP contribution is 2.26. The van der Waals surface area contributed by atoms with Crippen LogP contribution in [0.1, 0.15) is 28.8 Å². The summed E-state index contributed by atoms with van der Waals surface area (Å²) in [7, 11) is 1.61. The zero-order valence-corrected chi connectivity index (χ0v) is 16.0. The molecule has 1 aromatic heterocycles. The molecule has 4 rings (SSSR count). The average molecular weight is 372 g/mol. The van der Waals surface area contributed by atoms with Gasteiger partial charge in [-0.05, 0) is 48.9 Å². The van der Waals surface area contributed by atoms with Crippen LogP contribution in [0.2, 0.25) is 0 Å². The molecule has 0 saturated heterocycles. The fraction of sp³-hybridized carbons (Fsp3) is 0.208. The van der Waals surface area contributed by atoms with E-state index in [1.54, 1.807) is 13.2 Å². The van der Waals surface area contributed by atoms with Crippen LogP contribution in [0.5, 0.6) is 5.75 Å². The molecule has 0 bridgehead atoms. The Hall–Kier alpha value is -3.11. The van der Waals surface area contributed by atoms with Crippen LogP contribution in [0.3, 0.4) is 0 Å². The van der Waals surface area contributed by atoms with Gasteiger partial charge in [0.05, 0.1) is 7.11 Å². The predicted octanol–water partition coefficient (Wildman–Crippen LogP) is 5.08. The van der Waals surface area contributed by atoms with Crippen molar-refractivity contribution < 1.29 is 9.53 Å². The second-order valence-electron chi connectivity index (χ2n) is 6.99. The molecule has 0 aliphatic heterocycles. The Kier molecular flexibility index (Phi) is 5.40. The summed E-state index contributed by atoms with van der Waals surface area (Å²) in [6, 6.07) is 22.2. The first-order valence-electron chi connectivity index (χ1n) is 9.62. The van der Waals surface area contributed by atoms with Crippen LogP contribution in [0.4, 0.5) is 0 Å². The zero-order chi connectivity index (χ0) is 19.3. The molecule has 0 spiro atoms. The predicted molar refractivity (Wildman–Crippen MR) is 114 cm³/mol. The summed E-state index contributed by atoms with van der Waals surface area (Å²) in [6.07, 6.45) is 1.34. The van der Waals surface area contributed by atoms with Crippen LogP contribution in [-0.4, -0.2) is 24.4 Å². The fourth-order valence-corrected chi connectivity index (χ4v) is 3.55. The number of H-pyrrole nitrogens is 1. The highest BCUT2D eigenvalue weighted by Gasteiger charge is 2.07. The van der Waals surface area contributed by atoms with Gasteiger partial charge < -0.3 is 15.0 Å². The van der Waals surface area contributed by atoms with Gasteiger partial charge in [-0.2, -0.15) is 0 Å². The van der Waals surface area contributed by atoms with Crippen LogP contribution in [0, 0.1) is 0 Å². The van der Waals surface area contributed by atoms with Crippen molar-refractivity contribution in [3.8, 4) is 5.75 Å². The van der Waals surface area contributed by atoms with Gasteiger partial charge in [-0.1, -0.05) is 36.4 Å². The number of para-hydroxylation sites is 1. The fourth-order valence-electron chi connectivity index (χ4n) is 3.55. The van der Waals surface area contributed by atoms with Gasteiger partial charge in [-0.15, -0.1) is 0 Å². The van der Waals surface area contributed by atoms with Crippen molar-refractivity contribution in [2.24, 2.45) is 0 Å². The van der Waals surface area contributed by atoms with Crippen LogP contribution in [-0.2, 0) is 6.54 Å². The number of aromatic amines is 1. The third-order valence-corrected chi connectivity index (χ3v) is 5.05. The maximum atomic E-state index is 12.3. The van der Waals surface area contributed by atoms with Crippen molar-refractivity contribution in [1.29, 1.82) is 0 Å². The average Bonchev–Trinajstić information content (AvgIpc) is 3.11. The van der Waals surface area contributed by atoms with Crippen molar-refractivity contribution >= 4 is 27.6 Å². The monoisotopic (exact) mass is 372 g/mol. The molecule has 4 aromatic rings. The SMILES string of the molecule is COc1cccc(C(=O)CCCNCc2ccc3[nH]c4ccccc4c3c2)c1. The Balaban J connectivity index is 1.30. The third-order valence-electron chi connectivity index (χ3n) is 5.05. The van der Waals surface area contributed by atoms with Gasteiger partial charge in [0.15, 0.2) is 5.78 Å². The summed E-state index contributed by atoms with van der Waals surface area (Å²) in [5.74, 6) is 0.873. The number of ether oxygens (including phenoxy) is 1. The lowest BCUT2D eigenvalue weighted by molar-refractivity contribution is 0.0979. The molecule has 28 heavy (non-hydrogen) atoms. The molecule has 0 aliphatic rings. The minimum absolute atomic E-state index is 0.154. The number of nitrogens with one attached hydrogen (secondary N) is 2. The van der Waals surface area contributed by atoms with Gasteiger partial charge in [0, 0.05) is 40.3 Å². The smallest absolute Gasteiger partial charge is 0.163 e. The van der Waals surface area contributed by atoms with Crippen molar-refractivity contribution in [3.63, 3.8) is 0 Å². The summed E-state index contributed by atoms with van der Waals surface area (Å²) < 4.78 is 5.18. The van der Waals surface area contributed by atoms with Gasteiger partial charge in [-0.3, -0.25) is 4.79 Å². The van der Waals surface area contributed by atoms with Gasteiger partial charge in [0.1, 0.15) is 5.75 Å². The number of fused-ring (bicyclic) bond motifs is 3. The number of hydrogen-bond donors (Lipinski definition) is 2. The van der Waals surface area contributed by atoms with Gasteiger partial charge in [0.2, 0.25) is 0 Å². The second-order valence-corrected chi connectivity index (χ2v) is 6.99. The van der Waals surface area contributed by atoms with E-state index in [1.165, 1.54) is 21.9 Å². The molecule has 2 N–H and O–H groups in total. The van der Waals surface area contributed by atoms with E-state index in [2.05, 4.69) is 46.7 Å². The Bertz CT molecular complexity index is 1110. The normalized spacial score (nSPS) is 11.2.